The van der Waals surface area contributed by atoms with Gasteiger partial charge in [0.1, 0.15) is 5.75 Å². The second-order valence-corrected chi connectivity index (χ2v) is 5.72. The number of rotatable bonds is 4. The van der Waals surface area contributed by atoms with Crippen LogP contribution in [0.4, 0.5) is 10.5 Å². The fourth-order valence-corrected chi connectivity index (χ4v) is 2.78. The predicted octanol–water partition coefficient (Wildman–Crippen LogP) is 3.15. The SMILES string of the molecule is COc1ccc(NC(=O)N2CCOCC2)cc1Cc1ccccc1. The molecule has 0 saturated carbocycles. The largest absolute Gasteiger partial charge is 0.496 e. The fraction of sp³-hybridized carbons (Fsp3) is 0.316. The summed E-state index contributed by atoms with van der Waals surface area (Å²) < 4.78 is 10.7. The Kier molecular flexibility index (Phi) is 5.33. The lowest BCUT2D eigenvalue weighted by molar-refractivity contribution is 0.0564. The first-order valence-electron chi connectivity index (χ1n) is 8.11. The molecule has 1 saturated heterocycles. The molecule has 0 unspecified atom stereocenters. The number of anilines is 1. The summed E-state index contributed by atoms with van der Waals surface area (Å²) in [5.74, 6) is 0.822. The summed E-state index contributed by atoms with van der Waals surface area (Å²) in [7, 11) is 1.66. The molecule has 1 N–H and O–H groups in total. The van der Waals surface area contributed by atoms with E-state index in [2.05, 4.69) is 17.4 Å². The fourth-order valence-electron chi connectivity index (χ4n) is 2.78. The van der Waals surface area contributed by atoms with Crippen molar-refractivity contribution in [1.82, 2.24) is 4.90 Å². The third kappa shape index (κ3) is 4.06. The zero-order valence-electron chi connectivity index (χ0n) is 13.8. The van der Waals surface area contributed by atoms with Crippen LogP contribution in [0, 0.1) is 0 Å². The summed E-state index contributed by atoms with van der Waals surface area (Å²) in [6.07, 6.45) is 0.755. The van der Waals surface area contributed by atoms with E-state index in [1.807, 2.05) is 36.4 Å². The summed E-state index contributed by atoms with van der Waals surface area (Å²) >= 11 is 0. The third-order valence-electron chi connectivity index (χ3n) is 4.07. The van der Waals surface area contributed by atoms with E-state index in [9.17, 15) is 4.79 Å². The Labute approximate surface area is 142 Å². The van der Waals surface area contributed by atoms with Gasteiger partial charge in [0.05, 0.1) is 20.3 Å². The normalized spacial score (nSPS) is 14.3. The molecule has 0 aliphatic carbocycles. The molecule has 1 aliphatic rings. The highest BCUT2D eigenvalue weighted by Gasteiger charge is 2.17. The minimum atomic E-state index is -0.0888. The number of methoxy groups -OCH3 is 1. The van der Waals surface area contributed by atoms with Crippen molar-refractivity contribution in [3.05, 3.63) is 59.7 Å². The van der Waals surface area contributed by atoms with Crippen LogP contribution >= 0.6 is 0 Å². The minimum absolute atomic E-state index is 0.0888. The van der Waals surface area contributed by atoms with Crippen LogP contribution in [-0.4, -0.2) is 44.3 Å². The highest BCUT2D eigenvalue weighted by molar-refractivity contribution is 5.89. The van der Waals surface area contributed by atoms with Crippen molar-refractivity contribution in [2.24, 2.45) is 0 Å². The Morgan fingerprint density at radius 3 is 2.62 bits per heavy atom. The van der Waals surface area contributed by atoms with Gasteiger partial charge in [0, 0.05) is 30.8 Å². The lowest BCUT2D eigenvalue weighted by Gasteiger charge is -2.27. The number of morpholine rings is 1. The number of amides is 2. The van der Waals surface area contributed by atoms with Gasteiger partial charge in [-0.3, -0.25) is 0 Å². The predicted molar refractivity (Wildman–Crippen MR) is 93.7 cm³/mol. The molecule has 3 rings (SSSR count). The van der Waals surface area contributed by atoms with E-state index in [4.69, 9.17) is 9.47 Å². The molecule has 1 heterocycles. The van der Waals surface area contributed by atoms with Gasteiger partial charge in [0.15, 0.2) is 0 Å². The van der Waals surface area contributed by atoms with Crippen molar-refractivity contribution >= 4 is 11.7 Å². The van der Waals surface area contributed by atoms with Crippen molar-refractivity contribution in [2.45, 2.75) is 6.42 Å². The van der Waals surface area contributed by atoms with Crippen molar-refractivity contribution in [2.75, 3.05) is 38.7 Å². The van der Waals surface area contributed by atoms with Crippen LogP contribution < -0.4 is 10.1 Å². The molecule has 1 aliphatic heterocycles. The summed E-state index contributed by atoms with van der Waals surface area (Å²) in [6, 6.07) is 15.9. The molecule has 2 aromatic carbocycles. The van der Waals surface area contributed by atoms with Crippen LogP contribution in [0.25, 0.3) is 0 Å². The van der Waals surface area contributed by atoms with E-state index in [1.54, 1.807) is 12.0 Å². The molecule has 0 radical (unpaired) electrons. The first kappa shape index (κ1) is 16.3. The molecule has 0 spiro atoms. The summed E-state index contributed by atoms with van der Waals surface area (Å²) in [6.45, 7) is 2.43. The van der Waals surface area contributed by atoms with Crippen LogP contribution in [0.2, 0.25) is 0 Å². The third-order valence-corrected chi connectivity index (χ3v) is 4.07. The monoisotopic (exact) mass is 326 g/mol. The number of urea groups is 1. The number of carbonyl (C=O) groups excluding carboxylic acids is 1. The molecule has 5 nitrogen and oxygen atoms in total. The molecule has 0 atom stereocenters. The van der Waals surface area contributed by atoms with Gasteiger partial charge >= 0.3 is 6.03 Å². The molecule has 126 valence electrons. The van der Waals surface area contributed by atoms with Crippen LogP contribution in [0.5, 0.6) is 5.75 Å². The molecule has 2 amide bonds. The van der Waals surface area contributed by atoms with Crippen molar-refractivity contribution < 1.29 is 14.3 Å². The second kappa shape index (κ2) is 7.84. The lowest BCUT2D eigenvalue weighted by atomic mass is 10.0. The molecule has 1 fully saturated rings. The van der Waals surface area contributed by atoms with Gasteiger partial charge in [0.25, 0.3) is 0 Å². The quantitative estimate of drug-likeness (QED) is 0.939. The Morgan fingerprint density at radius 2 is 1.92 bits per heavy atom. The topological polar surface area (TPSA) is 50.8 Å². The highest BCUT2D eigenvalue weighted by atomic mass is 16.5. The smallest absolute Gasteiger partial charge is 0.321 e. The van der Waals surface area contributed by atoms with E-state index >= 15 is 0 Å². The van der Waals surface area contributed by atoms with Gasteiger partial charge < -0.3 is 19.7 Å². The second-order valence-electron chi connectivity index (χ2n) is 5.72. The highest BCUT2D eigenvalue weighted by Crippen LogP contribution is 2.25. The van der Waals surface area contributed by atoms with E-state index in [-0.39, 0.29) is 6.03 Å². The Balaban J connectivity index is 1.74. The van der Waals surface area contributed by atoms with Crippen LogP contribution in [-0.2, 0) is 11.2 Å². The maximum Gasteiger partial charge on any atom is 0.321 e. The zero-order valence-corrected chi connectivity index (χ0v) is 13.8. The van der Waals surface area contributed by atoms with E-state index in [1.165, 1.54) is 5.56 Å². The number of nitrogens with one attached hydrogen (secondary N) is 1. The minimum Gasteiger partial charge on any atom is -0.496 e. The number of nitrogens with zero attached hydrogens (tertiary/aromatic N) is 1. The van der Waals surface area contributed by atoms with E-state index < -0.39 is 0 Å². The molecular formula is C19H22N2O3. The van der Waals surface area contributed by atoms with E-state index in [0.717, 1.165) is 23.4 Å². The van der Waals surface area contributed by atoms with Gasteiger partial charge in [-0.25, -0.2) is 4.79 Å². The van der Waals surface area contributed by atoms with Gasteiger partial charge in [0.2, 0.25) is 0 Å². The molecule has 0 aromatic heterocycles. The van der Waals surface area contributed by atoms with Gasteiger partial charge in [-0.1, -0.05) is 30.3 Å². The van der Waals surface area contributed by atoms with Gasteiger partial charge in [-0.2, -0.15) is 0 Å². The number of carbonyl (C=O) groups is 1. The number of hydrogen-bond donors (Lipinski definition) is 1. The summed E-state index contributed by atoms with van der Waals surface area (Å²) in [5.41, 5.74) is 3.02. The lowest BCUT2D eigenvalue weighted by Crippen LogP contribution is -2.43. The van der Waals surface area contributed by atoms with Crippen LogP contribution in [0.1, 0.15) is 11.1 Å². The molecule has 0 bridgehead atoms. The maximum absolute atomic E-state index is 12.3. The van der Waals surface area contributed by atoms with Crippen molar-refractivity contribution in [1.29, 1.82) is 0 Å². The average molecular weight is 326 g/mol. The Bertz CT molecular complexity index is 682. The standard InChI is InChI=1S/C19H22N2O3/c1-23-18-8-7-17(20-19(22)21-9-11-24-12-10-21)14-16(18)13-15-5-3-2-4-6-15/h2-8,14H,9-13H2,1H3,(H,20,22). The van der Waals surface area contributed by atoms with Gasteiger partial charge in [-0.15, -0.1) is 0 Å². The number of benzene rings is 2. The van der Waals surface area contributed by atoms with Crippen molar-refractivity contribution in [3.8, 4) is 5.75 Å². The van der Waals surface area contributed by atoms with Crippen LogP contribution in [0.3, 0.4) is 0 Å². The Morgan fingerprint density at radius 1 is 1.17 bits per heavy atom. The maximum atomic E-state index is 12.3. The molecular weight excluding hydrogens is 304 g/mol. The Hall–Kier alpha value is -2.53. The number of hydrogen-bond acceptors (Lipinski definition) is 3. The van der Waals surface area contributed by atoms with Crippen LogP contribution in [0.15, 0.2) is 48.5 Å². The summed E-state index contributed by atoms with van der Waals surface area (Å²) in [5, 5.41) is 2.97. The zero-order chi connectivity index (χ0) is 16.8. The molecule has 5 heteroatoms. The number of ether oxygens (including phenoxy) is 2. The first-order chi connectivity index (χ1) is 11.8. The van der Waals surface area contributed by atoms with Crippen molar-refractivity contribution in [3.63, 3.8) is 0 Å². The van der Waals surface area contributed by atoms with Gasteiger partial charge in [-0.05, 0) is 23.8 Å². The van der Waals surface area contributed by atoms with E-state index in [0.29, 0.717) is 26.3 Å². The molecule has 2 aromatic rings. The molecule has 24 heavy (non-hydrogen) atoms. The first-order valence-corrected chi connectivity index (χ1v) is 8.11. The average Bonchev–Trinajstić information content (AvgIpc) is 2.63. The summed E-state index contributed by atoms with van der Waals surface area (Å²) in [4.78, 5) is 14.1.